The molecule has 2 heterocycles. The van der Waals surface area contributed by atoms with E-state index in [-0.39, 0.29) is 19.1 Å². The summed E-state index contributed by atoms with van der Waals surface area (Å²) < 4.78 is 15.9. The lowest BCUT2D eigenvalue weighted by atomic mass is 10.1. The highest BCUT2D eigenvalue weighted by atomic mass is 16.7. The summed E-state index contributed by atoms with van der Waals surface area (Å²) >= 11 is 0. The molecule has 1 atom stereocenters. The molecule has 2 aliphatic rings. The Morgan fingerprint density at radius 2 is 2.07 bits per heavy atom. The van der Waals surface area contributed by atoms with Gasteiger partial charge in [-0.1, -0.05) is 12.1 Å². The largest absolute Gasteiger partial charge is 0.497 e. The Balaban J connectivity index is 1.47. The van der Waals surface area contributed by atoms with Gasteiger partial charge in [0.1, 0.15) is 5.75 Å². The van der Waals surface area contributed by atoms with Gasteiger partial charge in [0.2, 0.25) is 12.7 Å². The van der Waals surface area contributed by atoms with Crippen molar-refractivity contribution >= 4 is 17.4 Å². The van der Waals surface area contributed by atoms with E-state index in [0.717, 1.165) is 11.3 Å². The summed E-state index contributed by atoms with van der Waals surface area (Å²) in [4.78, 5) is 23.1. The molecular formula is C20H21N3O5. The van der Waals surface area contributed by atoms with Crippen molar-refractivity contribution in [2.45, 2.75) is 19.1 Å². The molecule has 0 spiro atoms. The van der Waals surface area contributed by atoms with Gasteiger partial charge in [0.25, 0.3) is 0 Å². The second kappa shape index (κ2) is 7.05. The fraction of sp³-hybridized carbons (Fsp3) is 0.300. The molecule has 0 saturated heterocycles. The van der Waals surface area contributed by atoms with E-state index >= 15 is 0 Å². The lowest BCUT2D eigenvalue weighted by Crippen LogP contribution is -2.32. The van der Waals surface area contributed by atoms with E-state index in [1.54, 1.807) is 44.3 Å². The molecular weight excluding hydrogens is 362 g/mol. The van der Waals surface area contributed by atoms with Gasteiger partial charge in [-0.2, -0.15) is 0 Å². The fourth-order valence-electron chi connectivity index (χ4n) is 3.21. The number of ether oxygens (including phenoxy) is 3. The number of rotatable bonds is 5. The van der Waals surface area contributed by atoms with Crippen molar-refractivity contribution in [1.82, 2.24) is 5.06 Å². The van der Waals surface area contributed by atoms with Gasteiger partial charge >= 0.3 is 0 Å². The average molecular weight is 383 g/mol. The van der Waals surface area contributed by atoms with Crippen molar-refractivity contribution in [3.05, 3.63) is 48.0 Å². The number of fused-ring (bicyclic) bond motifs is 1. The topological polar surface area (TPSA) is 81.6 Å². The van der Waals surface area contributed by atoms with Gasteiger partial charge in [-0.05, 0) is 31.2 Å². The SMILES string of the molecule is COc1cccc(C2=NC(C)(CC(=O)Nc3ccc4c(c3)OCO4)ON2C)c1. The van der Waals surface area contributed by atoms with Crippen molar-refractivity contribution in [3.63, 3.8) is 0 Å². The van der Waals surface area contributed by atoms with Crippen LogP contribution in [0.1, 0.15) is 18.9 Å². The van der Waals surface area contributed by atoms with E-state index in [1.165, 1.54) is 0 Å². The van der Waals surface area contributed by atoms with Crippen LogP contribution in [0.3, 0.4) is 0 Å². The van der Waals surface area contributed by atoms with Gasteiger partial charge in [0.05, 0.1) is 13.5 Å². The number of hydrogen-bond donors (Lipinski definition) is 1. The van der Waals surface area contributed by atoms with E-state index in [1.807, 2.05) is 24.3 Å². The fourth-order valence-corrected chi connectivity index (χ4v) is 3.21. The van der Waals surface area contributed by atoms with E-state index in [2.05, 4.69) is 10.3 Å². The molecule has 0 aliphatic carbocycles. The molecule has 0 bridgehead atoms. The molecule has 1 unspecified atom stereocenters. The summed E-state index contributed by atoms with van der Waals surface area (Å²) in [7, 11) is 3.37. The Kier molecular flexibility index (Phi) is 4.56. The second-order valence-electron chi connectivity index (χ2n) is 6.72. The summed E-state index contributed by atoms with van der Waals surface area (Å²) in [6.07, 6.45) is 0.0548. The van der Waals surface area contributed by atoms with Crippen LogP contribution in [-0.2, 0) is 9.63 Å². The minimum atomic E-state index is -1.01. The second-order valence-corrected chi connectivity index (χ2v) is 6.72. The molecule has 28 heavy (non-hydrogen) atoms. The first kappa shape index (κ1) is 18.1. The summed E-state index contributed by atoms with van der Waals surface area (Å²) in [6.45, 7) is 1.96. The number of benzene rings is 2. The first-order chi connectivity index (χ1) is 13.5. The number of methoxy groups -OCH3 is 1. The number of nitrogens with zero attached hydrogens (tertiary/aromatic N) is 2. The zero-order chi connectivity index (χ0) is 19.7. The predicted molar refractivity (Wildman–Crippen MR) is 103 cm³/mol. The van der Waals surface area contributed by atoms with Crippen molar-refractivity contribution < 1.29 is 23.8 Å². The van der Waals surface area contributed by atoms with Crippen LogP contribution in [0.15, 0.2) is 47.5 Å². The maximum atomic E-state index is 12.6. The summed E-state index contributed by atoms with van der Waals surface area (Å²) in [5.74, 6) is 2.42. The number of amides is 1. The van der Waals surface area contributed by atoms with Crippen LogP contribution in [0.25, 0.3) is 0 Å². The first-order valence-corrected chi connectivity index (χ1v) is 8.82. The van der Waals surface area contributed by atoms with Gasteiger partial charge in [-0.3, -0.25) is 4.79 Å². The number of hydrogen-bond acceptors (Lipinski definition) is 7. The van der Waals surface area contributed by atoms with Crippen molar-refractivity contribution in [3.8, 4) is 17.2 Å². The molecule has 2 aromatic rings. The number of hydroxylamine groups is 2. The maximum absolute atomic E-state index is 12.6. The Labute approximate surface area is 162 Å². The number of nitrogens with one attached hydrogen (secondary N) is 1. The van der Waals surface area contributed by atoms with Crippen LogP contribution in [0.5, 0.6) is 17.2 Å². The smallest absolute Gasteiger partial charge is 0.231 e. The highest BCUT2D eigenvalue weighted by Gasteiger charge is 2.38. The molecule has 2 aromatic carbocycles. The number of amidine groups is 1. The summed E-state index contributed by atoms with van der Waals surface area (Å²) in [6, 6.07) is 12.8. The Morgan fingerprint density at radius 3 is 2.89 bits per heavy atom. The zero-order valence-corrected chi connectivity index (χ0v) is 15.9. The van der Waals surface area contributed by atoms with E-state index in [4.69, 9.17) is 19.0 Å². The molecule has 8 nitrogen and oxygen atoms in total. The Morgan fingerprint density at radius 1 is 1.25 bits per heavy atom. The monoisotopic (exact) mass is 383 g/mol. The van der Waals surface area contributed by atoms with E-state index in [9.17, 15) is 4.79 Å². The van der Waals surface area contributed by atoms with Crippen LogP contribution >= 0.6 is 0 Å². The lowest BCUT2D eigenvalue weighted by molar-refractivity contribution is -0.164. The molecule has 0 aromatic heterocycles. The average Bonchev–Trinajstić information content (AvgIpc) is 3.24. The van der Waals surface area contributed by atoms with Gasteiger partial charge in [0.15, 0.2) is 23.1 Å². The van der Waals surface area contributed by atoms with Crippen LogP contribution in [0.2, 0.25) is 0 Å². The van der Waals surface area contributed by atoms with Gasteiger partial charge in [0, 0.05) is 24.4 Å². The number of aliphatic imine (C=N–C) groups is 1. The molecule has 1 amide bonds. The van der Waals surface area contributed by atoms with E-state index in [0.29, 0.717) is 23.0 Å². The Bertz CT molecular complexity index is 945. The van der Waals surface area contributed by atoms with Gasteiger partial charge in [-0.15, -0.1) is 0 Å². The van der Waals surface area contributed by atoms with E-state index < -0.39 is 5.72 Å². The third-order valence-corrected chi connectivity index (χ3v) is 4.45. The quantitative estimate of drug-likeness (QED) is 0.855. The molecule has 8 heteroatoms. The molecule has 0 radical (unpaired) electrons. The molecule has 0 saturated carbocycles. The maximum Gasteiger partial charge on any atom is 0.231 e. The molecule has 146 valence electrons. The van der Waals surface area contributed by atoms with Crippen LogP contribution in [0.4, 0.5) is 5.69 Å². The molecule has 0 fully saturated rings. The van der Waals surface area contributed by atoms with Crippen LogP contribution < -0.4 is 19.5 Å². The normalized spacial score (nSPS) is 20.1. The van der Waals surface area contributed by atoms with Crippen molar-refractivity contribution in [2.75, 3.05) is 26.3 Å². The molecule has 4 rings (SSSR count). The number of carbonyl (C=O) groups excluding carboxylic acids is 1. The summed E-state index contributed by atoms with van der Waals surface area (Å²) in [5.41, 5.74) is 0.469. The molecule has 1 N–H and O–H groups in total. The lowest BCUT2D eigenvalue weighted by Gasteiger charge is -2.21. The third kappa shape index (κ3) is 3.59. The minimum absolute atomic E-state index is 0.0548. The zero-order valence-electron chi connectivity index (χ0n) is 15.9. The van der Waals surface area contributed by atoms with Crippen molar-refractivity contribution in [2.24, 2.45) is 4.99 Å². The predicted octanol–water partition coefficient (Wildman–Crippen LogP) is 2.79. The molecule has 2 aliphatic heterocycles. The highest BCUT2D eigenvalue weighted by Crippen LogP contribution is 2.35. The van der Waals surface area contributed by atoms with Crippen LogP contribution in [0, 0.1) is 0 Å². The highest BCUT2D eigenvalue weighted by molar-refractivity contribution is 6.00. The van der Waals surface area contributed by atoms with Crippen LogP contribution in [-0.4, -0.2) is 43.5 Å². The number of anilines is 1. The first-order valence-electron chi connectivity index (χ1n) is 8.82. The van der Waals surface area contributed by atoms with Gasteiger partial charge < -0.3 is 19.5 Å². The standard InChI is InChI=1S/C20H21N3O5/c1-20(11-18(24)21-14-7-8-16-17(10-14)27-12-26-16)22-19(23(2)28-20)13-5-4-6-15(9-13)25-3/h4-10H,11-12H2,1-3H3,(H,21,24). The Hall–Kier alpha value is -3.26. The third-order valence-electron chi connectivity index (χ3n) is 4.45. The van der Waals surface area contributed by atoms with Gasteiger partial charge in [-0.25, -0.2) is 14.9 Å². The minimum Gasteiger partial charge on any atom is -0.497 e. The summed E-state index contributed by atoms with van der Waals surface area (Å²) in [5, 5.41) is 4.42. The number of carbonyl (C=O) groups is 1. The van der Waals surface area contributed by atoms with Crippen molar-refractivity contribution in [1.29, 1.82) is 0 Å².